The summed E-state index contributed by atoms with van der Waals surface area (Å²) in [6, 6.07) is 23.3. The van der Waals surface area contributed by atoms with Crippen LogP contribution in [0, 0.1) is 0 Å². The molecule has 5 rings (SSSR count). The zero-order valence-electron chi connectivity index (χ0n) is 19.7. The molecule has 0 bridgehead atoms. The zero-order chi connectivity index (χ0) is 24.0. The SMILES string of the molecule is COc1ccc(-n2nc(-c3ccco3)cc2C(=O)N2CCN(C/C=C/c3ccccc3)CC2)cc1. The molecule has 2 aromatic heterocycles. The molecule has 0 aliphatic carbocycles. The van der Waals surface area contributed by atoms with Crippen LogP contribution >= 0.6 is 0 Å². The molecule has 0 atom stereocenters. The molecule has 35 heavy (non-hydrogen) atoms. The van der Waals surface area contributed by atoms with Gasteiger partial charge in [0.2, 0.25) is 0 Å². The molecule has 0 N–H and O–H groups in total. The van der Waals surface area contributed by atoms with E-state index < -0.39 is 0 Å². The van der Waals surface area contributed by atoms with Crippen molar-refractivity contribution in [2.75, 3.05) is 39.8 Å². The number of benzene rings is 2. The van der Waals surface area contributed by atoms with Crippen molar-refractivity contribution in [3.63, 3.8) is 0 Å². The van der Waals surface area contributed by atoms with E-state index in [4.69, 9.17) is 14.3 Å². The average molecular weight is 469 g/mol. The normalized spacial score (nSPS) is 14.5. The first kappa shape index (κ1) is 22.7. The lowest BCUT2D eigenvalue weighted by atomic mass is 10.2. The van der Waals surface area contributed by atoms with Crippen LogP contribution in [0.4, 0.5) is 0 Å². The largest absolute Gasteiger partial charge is 0.497 e. The van der Waals surface area contributed by atoms with Gasteiger partial charge in [-0.1, -0.05) is 42.5 Å². The van der Waals surface area contributed by atoms with Gasteiger partial charge in [0.05, 0.1) is 19.1 Å². The summed E-state index contributed by atoms with van der Waals surface area (Å²) in [5.74, 6) is 1.34. The van der Waals surface area contributed by atoms with Gasteiger partial charge < -0.3 is 14.1 Å². The molecule has 4 aromatic rings. The monoisotopic (exact) mass is 468 g/mol. The quantitative estimate of drug-likeness (QED) is 0.396. The highest BCUT2D eigenvalue weighted by Crippen LogP contribution is 2.24. The highest BCUT2D eigenvalue weighted by atomic mass is 16.5. The maximum Gasteiger partial charge on any atom is 0.272 e. The molecule has 0 spiro atoms. The number of aromatic nitrogens is 2. The molecule has 7 heteroatoms. The summed E-state index contributed by atoms with van der Waals surface area (Å²) in [5, 5.41) is 4.69. The lowest BCUT2D eigenvalue weighted by molar-refractivity contribution is 0.0641. The van der Waals surface area contributed by atoms with Crippen molar-refractivity contribution >= 4 is 12.0 Å². The molecule has 1 aliphatic rings. The Kier molecular flexibility index (Phi) is 6.77. The van der Waals surface area contributed by atoms with Crippen LogP contribution in [0.1, 0.15) is 16.1 Å². The molecule has 0 radical (unpaired) electrons. The lowest BCUT2D eigenvalue weighted by Crippen LogP contribution is -2.49. The van der Waals surface area contributed by atoms with E-state index in [2.05, 4.69) is 29.2 Å². The fourth-order valence-corrected chi connectivity index (χ4v) is 4.20. The molecule has 0 saturated carbocycles. The van der Waals surface area contributed by atoms with Gasteiger partial charge in [-0.3, -0.25) is 9.69 Å². The van der Waals surface area contributed by atoms with E-state index in [9.17, 15) is 4.79 Å². The van der Waals surface area contributed by atoms with Crippen LogP contribution in [-0.4, -0.2) is 65.3 Å². The summed E-state index contributed by atoms with van der Waals surface area (Å²) >= 11 is 0. The Labute approximate surface area is 204 Å². The van der Waals surface area contributed by atoms with Crippen molar-refractivity contribution in [3.05, 3.63) is 96.4 Å². The summed E-state index contributed by atoms with van der Waals surface area (Å²) in [7, 11) is 1.63. The van der Waals surface area contributed by atoms with Crippen molar-refractivity contribution in [1.82, 2.24) is 19.6 Å². The van der Waals surface area contributed by atoms with Crippen molar-refractivity contribution in [3.8, 4) is 22.9 Å². The van der Waals surface area contributed by atoms with Crippen LogP contribution in [0.3, 0.4) is 0 Å². The summed E-state index contributed by atoms with van der Waals surface area (Å²) in [6.07, 6.45) is 5.93. The predicted octanol–water partition coefficient (Wildman–Crippen LogP) is 4.61. The first-order valence-electron chi connectivity index (χ1n) is 11.7. The maximum absolute atomic E-state index is 13.6. The van der Waals surface area contributed by atoms with Gasteiger partial charge in [-0.25, -0.2) is 4.68 Å². The summed E-state index contributed by atoms with van der Waals surface area (Å²) in [5.41, 5.74) is 3.12. The number of amides is 1. The van der Waals surface area contributed by atoms with Crippen molar-refractivity contribution in [2.24, 2.45) is 0 Å². The second kappa shape index (κ2) is 10.4. The average Bonchev–Trinajstić information content (AvgIpc) is 3.60. The van der Waals surface area contributed by atoms with Crippen LogP contribution in [0.5, 0.6) is 5.75 Å². The van der Waals surface area contributed by atoms with Gasteiger partial charge in [-0.05, 0) is 42.0 Å². The number of rotatable bonds is 7. The summed E-state index contributed by atoms with van der Waals surface area (Å²) in [4.78, 5) is 17.8. The van der Waals surface area contributed by atoms with E-state index in [-0.39, 0.29) is 5.91 Å². The standard InChI is InChI=1S/C28H28N4O3/c1-34-24-13-11-23(12-14-24)32-26(21-25(29-32)27-10-6-20-35-27)28(33)31-18-16-30(17-19-31)15-5-9-22-7-3-2-4-8-22/h2-14,20-21H,15-19H2,1H3/b9-5+. The van der Waals surface area contributed by atoms with Crippen molar-refractivity contribution < 1.29 is 13.9 Å². The Balaban J connectivity index is 1.30. The fraction of sp³-hybridized carbons (Fsp3) is 0.214. The van der Waals surface area contributed by atoms with Gasteiger partial charge >= 0.3 is 0 Å². The van der Waals surface area contributed by atoms with Crippen LogP contribution in [0.2, 0.25) is 0 Å². The van der Waals surface area contributed by atoms with E-state index in [1.54, 1.807) is 24.1 Å². The Bertz CT molecular complexity index is 1270. The van der Waals surface area contributed by atoms with Crippen LogP contribution < -0.4 is 4.74 Å². The third-order valence-corrected chi connectivity index (χ3v) is 6.15. The molecule has 3 heterocycles. The molecule has 178 valence electrons. The smallest absolute Gasteiger partial charge is 0.272 e. The van der Waals surface area contributed by atoms with Gasteiger partial charge in [0.1, 0.15) is 17.1 Å². The molecular weight excluding hydrogens is 440 g/mol. The first-order valence-corrected chi connectivity index (χ1v) is 11.7. The van der Waals surface area contributed by atoms with Crippen LogP contribution in [0.15, 0.2) is 89.6 Å². The number of methoxy groups -OCH3 is 1. The zero-order valence-corrected chi connectivity index (χ0v) is 19.7. The van der Waals surface area contributed by atoms with E-state index in [0.29, 0.717) is 30.2 Å². The van der Waals surface area contributed by atoms with Gasteiger partial charge in [0, 0.05) is 38.8 Å². The number of nitrogens with zero attached hydrogens (tertiary/aromatic N) is 4. The number of ether oxygens (including phenoxy) is 1. The van der Waals surface area contributed by atoms with Crippen molar-refractivity contribution in [2.45, 2.75) is 0 Å². The molecule has 1 fully saturated rings. The molecule has 1 saturated heterocycles. The number of furan rings is 1. The second-order valence-corrected chi connectivity index (χ2v) is 8.41. The van der Waals surface area contributed by atoms with E-state index in [1.165, 1.54) is 5.56 Å². The number of carbonyl (C=O) groups excluding carboxylic acids is 1. The highest BCUT2D eigenvalue weighted by Gasteiger charge is 2.26. The number of carbonyl (C=O) groups is 1. The minimum absolute atomic E-state index is 0.0365. The van der Waals surface area contributed by atoms with Crippen LogP contribution in [0.25, 0.3) is 23.2 Å². The molecule has 1 aliphatic heterocycles. The third kappa shape index (κ3) is 5.20. The number of hydrogen-bond acceptors (Lipinski definition) is 5. The number of piperazine rings is 1. The van der Waals surface area contributed by atoms with E-state index in [0.717, 1.165) is 31.1 Å². The molecule has 7 nitrogen and oxygen atoms in total. The molecular formula is C28H28N4O3. The molecule has 0 unspecified atom stereocenters. The Morgan fingerprint density at radius 1 is 1.00 bits per heavy atom. The topological polar surface area (TPSA) is 63.7 Å². The Morgan fingerprint density at radius 3 is 2.46 bits per heavy atom. The second-order valence-electron chi connectivity index (χ2n) is 8.41. The van der Waals surface area contributed by atoms with E-state index in [1.807, 2.05) is 59.5 Å². The first-order chi connectivity index (χ1) is 17.2. The lowest BCUT2D eigenvalue weighted by Gasteiger charge is -2.34. The fourth-order valence-electron chi connectivity index (χ4n) is 4.20. The van der Waals surface area contributed by atoms with Crippen molar-refractivity contribution in [1.29, 1.82) is 0 Å². The summed E-state index contributed by atoms with van der Waals surface area (Å²) in [6.45, 7) is 3.85. The van der Waals surface area contributed by atoms with Crippen LogP contribution in [-0.2, 0) is 0 Å². The number of hydrogen-bond donors (Lipinski definition) is 0. The van der Waals surface area contributed by atoms with Gasteiger partial charge in [-0.15, -0.1) is 0 Å². The summed E-state index contributed by atoms with van der Waals surface area (Å²) < 4.78 is 12.5. The van der Waals surface area contributed by atoms with Gasteiger partial charge in [0.25, 0.3) is 5.91 Å². The third-order valence-electron chi connectivity index (χ3n) is 6.15. The van der Waals surface area contributed by atoms with Gasteiger partial charge in [-0.2, -0.15) is 5.10 Å². The van der Waals surface area contributed by atoms with Gasteiger partial charge in [0.15, 0.2) is 5.76 Å². The van der Waals surface area contributed by atoms with E-state index >= 15 is 0 Å². The Morgan fingerprint density at radius 2 is 1.77 bits per heavy atom. The minimum Gasteiger partial charge on any atom is -0.497 e. The predicted molar refractivity (Wildman–Crippen MR) is 136 cm³/mol. The molecule has 1 amide bonds. The molecule has 2 aromatic carbocycles. The minimum atomic E-state index is -0.0365. The Hall–Kier alpha value is -4.10. The highest BCUT2D eigenvalue weighted by molar-refractivity contribution is 5.94. The maximum atomic E-state index is 13.6.